The van der Waals surface area contributed by atoms with Crippen molar-refractivity contribution in [2.24, 2.45) is 0 Å². The minimum Gasteiger partial charge on any atom is -0.377 e. The molecule has 1 nitrogen and oxygen atoms in total. The van der Waals surface area contributed by atoms with E-state index < -0.39 is 0 Å². The molecule has 0 aliphatic heterocycles. The summed E-state index contributed by atoms with van der Waals surface area (Å²) in [6.45, 7) is 3.93. The van der Waals surface area contributed by atoms with Crippen LogP contribution in [0.4, 0.5) is 0 Å². The van der Waals surface area contributed by atoms with E-state index in [1.54, 1.807) is 0 Å². The molecule has 0 radical (unpaired) electrons. The standard InChI is InChI=1S/C29H50O/c1-2-3-4-5-6-7-8-9-10-11-12-13-14-15-16-17-18-22-27-30-28-23-26-29-24-20-19-21-25-29/h19-21,23-26H,2-18,22,27-28H2,1H3. The monoisotopic (exact) mass is 414 g/mol. The van der Waals surface area contributed by atoms with E-state index in [9.17, 15) is 0 Å². The average Bonchev–Trinajstić information content (AvgIpc) is 2.78. The Bertz CT molecular complexity index is 465. The molecule has 1 rings (SSSR count). The van der Waals surface area contributed by atoms with Gasteiger partial charge < -0.3 is 4.74 Å². The second-order valence-corrected chi connectivity index (χ2v) is 8.90. The van der Waals surface area contributed by atoms with Crippen LogP contribution in [-0.4, -0.2) is 13.2 Å². The fourth-order valence-electron chi connectivity index (χ4n) is 4.01. The van der Waals surface area contributed by atoms with Gasteiger partial charge in [0, 0.05) is 6.61 Å². The lowest BCUT2D eigenvalue weighted by atomic mass is 10.0. The number of unbranched alkanes of at least 4 members (excludes halogenated alkanes) is 17. The van der Waals surface area contributed by atoms with Gasteiger partial charge in [-0.25, -0.2) is 0 Å². The lowest BCUT2D eigenvalue weighted by molar-refractivity contribution is 0.157. The molecular weight excluding hydrogens is 364 g/mol. The van der Waals surface area contributed by atoms with Crippen molar-refractivity contribution in [2.75, 3.05) is 13.2 Å². The largest absolute Gasteiger partial charge is 0.377 e. The molecule has 0 heterocycles. The zero-order valence-electron chi connectivity index (χ0n) is 20.1. The molecule has 0 aromatic heterocycles. The van der Waals surface area contributed by atoms with Crippen LogP contribution in [0.2, 0.25) is 0 Å². The highest BCUT2D eigenvalue weighted by Crippen LogP contribution is 2.14. The maximum absolute atomic E-state index is 5.70. The molecule has 0 unspecified atom stereocenters. The van der Waals surface area contributed by atoms with Gasteiger partial charge in [-0.2, -0.15) is 0 Å². The SMILES string of the molecule is CCCCCCCCCCCCCCCCCCCCOCC=Cc1ccccc1. The van der Waals surface area contributed by atoms with Gasteiger partial charge in [0.15, 0.2) is 0 Å². The summed E-state index contributed by atoms with van der Waals surface area (Å²) in [5.74, 6) is 0. The lowest BCUT2D eigenvalue weighted by Crippen LogP contribution is -1.94. The van der Waals surface area contributed by atoms with Crippen LogP contribution in [-0.2, 0) is 4.74 Å². The van der Waals surface area contributed by atoms with Gasteiger partial charge in [0.05, 0.1) is 6.61 Å². The van der Waals surface area contributed by atoms with Crippen LogP contribution < -0.4 is 0 Å². The molecule has 0 bridgehead atoms. The molecule has 172 valence electrons. The molecule has 0 aliphatic rings. The van der Waals surface area contributed by atoms with E-state index in [1.165, 1.54) is 121 Å². The molecule has 0 saturated heterocycles. The first kappa shape index (κ1) is 27.0. The lowest BCUT2D eigenvalue weighted by Gasteiger charge is -2.04. The molecule has 1 heteroatoms. The Hall–Kier alpha value is -1.08. The zero-order chi connectivity index (χ0) is 21.4. The van der Waals surface area contributed by atoms with Crippen LogP contribution in [0.15, 0.2) is 36.4 Å². The van der Waals surface area contributed by atoms with Crippen molar-refractivity contribution >= 4 is 6.08 Å². The summed E-state index contributed by atoms with van der Waals surface area (Å²) in [4.78, 5) is 0. The summed E-state index contributed by atoms with van der Waals surface area (Å²) in [6.07, 6.45) is 29.9. The van der Waals surface area contributed by atoms with Crippen LogP contribution in [0.25, 0.3) is 6.08 Å². The van der Waals surface area contributed by atoms with E-state index in [-0.39, 0.29) is 0 Å². The van der Waals surface area contributed by atoms with Crippen molar-refractivity contribution in [1.29, 1.82) is 0 Å². The Morgan fingerprint density at radius 2 is 1.00 bits per heavy atom. The third kappa shape index (κ3) is 18.9. The van der Waals surface area contributed by atoms with Gasteiger partial charge >= 0.3 is 0 Å². The van der Waals surface area contributed by atoms with Gasteiger partial charge in [-0.05, 0) is 12.0 Å². The Kier molecular flexibility index (Phi) is 20.3. The minimum atomic E-state index is 0.730. The van der Waals surface area contributed by atoms with Crippen LogP contribution in [0, 0.1) is 0 Å². The fraction of sp³-hybridized carbons (Fsp3) is 0.724. The summed E-state index contributed by atoms with van der Waals surface area (Å²) in [6, 6.07) is 10.4. The first-order chi connectivity index (χ1) is 14.9. The smallest absolute Gasteiger partial charge is 0.0650 e. The van der Waals surface area contributed by atoms with Crippen molar-refractivity contribution in [2.45, 2.75) is 122 Å². The second-order valence-electron chi connectivity index (χ2n) is 8.90. The molecule has 0 atom stereocenters. The molecule has 1 aromatic rings. The number of hydrogen-bond donors (Lipinski definition) is 0. The Morgan fingerprint density at radius 1 is 0.567 bits per heavy atom. The van der Waals surface area contributed by atoms with Crippen molar-refractivity contribution in [3.63, 3.8) is 0 Å². The van der Waals surface area contributed by atoms with Gasteiger partial charge in [0.25, 0.3) is 0 Å². The number of rotatable bonds is 22. The van der Waals surface area contributed by atoms with Crippen molar-refractivity contribution < 1.29 is 4.74 Å². The molecule has 0 spiro atoms. The average molecular weight is 415 g/mol. The van der Waals surface area contributed by atoms with Gasteiger partial charge in [0.1, 0.15) is 0 Å². The highest BCUT2D eigenvalue weighted by molar-refractivity contribution is 5.48. The second kappa shape index (κ2) is 22.6. The molecule has 0 amide bonds. The third-order valence-electron chi connectivity index (χ3n) is 5.97. The number of benzene rings is 1. The van der Waals surface area contributed by atoms with Crippen LogP contribution in [0.3, 0.4) is 0 Å². The fourth-order valence-corrected chi connectivity index (χ4v) is 4.01. The molecule has 0 aliphatic carbocycles. The summed E-state index contributed by atoms with van der Waals surface area (Å²) < 4.78 is 5.70. The molecule has 1 aromatic carbocycles. The minimum absolute atomic E-state index is 0.730. The van der Waals surface area contributed by atoms with Crippen molar-refractivity contribution in [3.05, 3.63) is 42.0 Å². The maximum atomic E-state index is 5.70. The zero-order valence-corrected chi connectivity index (χ0v) is 20.1. The predicted octanol–water partition coefficient (Wildman–Crippen LogP) is 9.76. The van der Waals surface area contributed by atoms with E-state index in [2.05, 4.69) is 43.3 Å². The summed E-state index contributed by atoms with van der Waals surface area (Å²) in [5, 5.41) is 0. The normalized spacial score (nSPS) is 11.5. The van der Waals surface area contributed by atoms with Crippen LogP contribution in [0.1, 0.15) is 128 Å². The van der Waals surface area contributed by atoms with Gasteiger partial charge in [0.2, 0.25) is 0 Å². The maximum Gasteiger partial charge on any atom is 0.0650 e. The van der Waals surface area contributed by atoms with E-state index >= 15 is 0 Å². The molecule has 0 saturated carbocycles. The highest BCUT2D eigenvalue weighted by atomic mass is 16.5. The van der Waals surface area contributed by atoms with Crippen LogP contribution in [0.5, 0.6) is 0 Å². The first-order valence-electron chi connectivity index (χ1n) is 13.2. The molecular formula is C29H50O. The topological polar surface area (TPSA) is 9.23 Å². The summed E-state index contributed by atoms with van der Waals surface area (Å²) >= 11 is 0. The Morgan fingerprint density at radius 3 is 1.47 bits per heavy atom. The summed E-state index contributed by atoms with van der Waals surface area (Å²) in [5.41, 5.74) is 1.24. The van der Waals surface area contributed by atoms with E-state index in [4.69, 9.17) is 4.74 Å². The third-order valence-corrected chi connectivity index (χ3v) is 5.97. The molecule has 0 fully saturated rings. The van der Waals surface area contributed by atoms with Crippen molar-refractivity contribution in [1.82, 2.24) is 0 Å². The first-order valence-corrected chi connectivity index (χ1v) is 13.2. The van der Waals surface area contributed by atoms with Gasteiger partial charge in [-0.1, -0.05) is 159 Å². The summed E-state index contributed by atoms with van der Waals surface area (Å²) in [7, 11) is 0. The molecule has 0 N–H and O–H groups in total. The number of ether oxygens (including phenoxy) is 1. The Labute approximate surface area is 188 Å². The quantitative estimate of drug-likeness (QED) is 0.171. The van der Waals surface area contributed by atoms with E-state index in [0.29, 0.717) is 0 Å². The predicted molar refractivity (Wildman–Crippen MR) is 135 cm³/mol. The van der Waals surface area contributed by atoms with Gasteiger partial charge in [-0.3, -0.25) is 0 Å². The van der Waals surface area contributed by atoms with Crippen LogP contribution >= 0.6 is 0 Å². The number of hydrogen-bond acceptors (Lipinski definition) is 1. The Balaban J connectivity index is 1.69. The van der Waals surface area contributed by atoms with E-state index in [0.717, 1.165) is 13.2 Å². The van der Waals surface area contributed by atoms with E-state index in [1.807, 2.05) is 6.07 Å². The van der Waals surface area contributed by atoms with Gasteiger partial charge in [-0.15, -0.1) is 0 Å². The van der Waals surface area contributed by atoms with Crippen molar-refractivity contribution in [3.8, 4) is 0 Å². The molecule has 30 heavy (non-hydrogen) atoms. The highest BCUT2D eigenvalue weighted by Gasteiger charge is 1.95.